The van der Waals surface area contributed by atoms with Crippen LogP contribution in [0.1, 0.15) is 19.3 Å². The summed E-state index contributed by atoms with van der Waals surface area (Å²) in [5.41, 5.74) is 0. The fraction of sp³-hybridized carbons (Fsp3) is 0.714. The van der Waals surface area contributed by atoms with Gasteiger partial charge < -0.3 is 10.0 Å². The Kier molecular flexibility index (Phi) is 2.12. The molecule has 0 aromatic heterocycles. The van der Waals surface area contributed by atoms with Crippen LogP contribution in [0.3, 0.4) is 0 Å². The average Bonchev–Trinajstić information content (AvgIpc) is 1.94. The van der Waals surface area contributed by atoms with Crippen LogP contribution in [0.2, 0.25) is 0 Å². The topological polar surface area (TPSA) is 57.6 Å². The lowest BCUT2D eigenvalue weighted by atomic mass is 10.0. The number of amides is 1. The van der Waals surface area contributed by atoms with Gasteiger partial charge in [-0.05, 0) is 12.8 Å². The normalized spacial score (nSPS) is 25.4. The third-order valence-corrected chi connectivity index (χ3v) is 2.01. The Morgan fingerprint density at radius 2 is 2.36 bits per heavy atom. The van der Waals surface area contributed by atoms with Crippen LogP contribution in [0.25, 0.3) is 0 Å². The van der Waals surface area contributed by atoms with Gasteiger partial charge in [0.05, 0.1) is 0 Å². The number of nitrogens with zero attached hydrogens (tertiary/aromatic N) is 1. The summed E-state index contributed by atoms with van der Waals surface area (Å²) in [6, 6.07) is -0.601. The Hall–Kier alpha value is -1.06. The van der Waals surface area contributed by atoms with Gasteiger partial charge in [0.1, 0.15) is 6.04 Å². The zero-order valence-electron chi connectivity index (χ0n) is 6.41. The van der Waals surface area contributed by atoms with Gasteiger partial charge in [-0.3, -0.25) is 4.79 Å². The number of aliphatic carboxylic acids is 1. The van der Waals surface area contributed by atoms with Crippen LogP contribution >= 0.6 is 0 Å². The number of carbonyl (C=O) groups is 2. The number of carbonyl (C=O) groups excluding carboxylic acids is 1. The van der Waals surface area contributed by atoms with Crippen molar-refractivity contribution in [2.24, 2.45) is 0 Å². The first-order chi connectivity index (χ1) is 5.13. The van der Waals surface area contributed by atoms with Crippen LogP contribution < -0.4 is 0 Å². The number of hydrogen-bond donors (Lipinski definition) is 1. The van der Waals surface area contributed by atoms with Crippen molar-refractivity contribution in [1.82, 2.24) is 4.90 Å². The molecule has 0 aliphatic carbocycles. The molecule has 0 saturated carbocycles. The van der Waals surface area contributed by atoms with E-state index >= 15 is 0 Å². The van der Waals surface area contributed by atoms with Gasteiger partial charge in [0, 0.05) is 13.5 Å². The summed E-state index contributed by atoms with van der Waals surface area (Å²) in [6.45, 7) is 0. The lowest BCUT2D eigenvalue weighted by Gasteiger charge is -2.28. The molecule has 1 saturated heterocycles. The molecule has 1 aliphatic heterocycles. The highest BCUT2D eigenvalue weighted by Crippen LogP contribution is 2.15. The number of likely N-dealkylation sites (N-methyl/N-ethyl adjacent to an activating group) is 1. The van der Waals surface area contributed by atoms with Crippen molar-refractivity contribution in [1.29, 1.82) is 0 Å². The van der Waals surface area contributed by atoms with E-state index in [0.717, 1.165) is 0 Å². The van der Waals surface area contributed by atoms with Crippen molar-refractivity contribution in [2.75, 3.05) is 7.05 Å². The predicted molar refractivity (Wildman–Crippen MR) is 38.0 cm³/mol. The van der Waals surface area contributed by atoms with Gasteiger partial charge in [-0.1, -0.05) is 0 Å². The Balaban J connectivity index is 2.65. The molecular formula is C7H11NO3. The summed E-state index contributed by atoms with van der Waals surface area (Å²) < 4.78 is 0. The van der Waals surface area contributed by atoms with Gasteiger partial charge >= 0.3 is 5.97 Å². The van der Waals surface area contributed by atoms with Gasteiger partial charge in [0.15, 0.2) is 0 Å². The van der Waals surface area contributed by atoms with Crippen molar-refractivity contribution in [3.63, 3.8) is 0 Å². The van der Waals surface area contributed by atoms with Crippen LogP contribution in [0, 0.1) is 0 Å². The molecule has 1 fully saturated rings. The van der Waals surface area contributed by atoms with E-state index in [0.29, 0.717) is 19.3 Å². The maximum Gasteiger partial charge on any atom is 0.326 e. The summed E-state index contributed by atoms with van der Waals surface area (Å²) in [5, 5.41) is 8.63. The highest BCUT2D eigenvalue weighted by molar-refractivity contribution is 5.84. The molecule has 0 unspecified atom stereocenters. The first-order valence-corrected chi connectivity index (χ1v) is 3.61. The minimum absolute atomic E-state index is 0.0661. The molecule has 11 heavy (non-hydrogen) atoms. The molecule has 62 valence electrons. The summed E-state index contributed by atoms with van der Waals surface area (Å²) in [7, 11) is 1.54. The maximum atomic E-state index is 11.0. The van der Waals surface area contributed by atoms with Crippen molar-refractivity contribution < 1.29 is 14.7 Å². The first-order valence-electron chi connectivity index (χ1n) is 3.61. The van der Waals surface area contributed by atoms with E-state index in [2.05, 4.69) is 0 Å². The Morgan fingerprint density at radius 3 is 2.82 bits per heavy atom. The van der Waals surface area contributed by atoms with Crippen molar-refractivity contribution >= 4 is 11.9 Å². The number of carboxylic acid groups (broad SMARTS) is 1. The molecule has 4 nitrogen and oxygen atoms in total. The van der Waals surface area contributed by atoms with E-state index in [4.69, 9.17) is 5.11 Å². The second kappa shape index (κ2) is 2.90. The summed E-state index contributed by atoms with van der Waals surface area (Å²) in [5.74, 6) is -0.968. The Morgan fingerprint density at radius 1 is 1.73 bits per heavy atom. The van der Waals surface area contributed by atoms with Gasteiger partial charge in [-0.25, -0.2) is 4.79 Å². The first kappa shape index (κ1) is 8.04. The number of carboxylic acids is 1. The molecule has 1 amide bonds. The highest BCUT2D eigenvalue weighted by atomic mass is 16.4. The predicted octanol–water partition coefficient (Wildman–Crippen LogP) is 0.0819. The molecule has 0 radical (unpaired) electrons. The van der Waals surface area contributed by atoms with E-state index in [-0.39, 0.29) is 5.91 Å². The van der Waals surface area contributed by atoms with Gasteiger partial charge in [0.2, 0.25) is 5.91 Å². The Bertz CT molecular complexity index is 190. The second-order valence-corrected chi connectivity index (χ2v) is 2.75. The van der Waals surface area contributed by atoms with Crippen molar-refractivity contribution in [3.05, 3.63) is 0 Å². The van der Waals surface area contributed by atoms with Crippen LogP contribution in [0.5, 0.6) is 0 Å². The number of piperidine rings is 1. The van der Waals surface area contributed by atoms with Gasteiger partial charge in [0.25, 0.3) is 0 Å². The summed E-state index contributed by atoms with van der Waals surface area (Å²) in [4.78, 5) is 22.8. The molecule has 0 aromatic carbocycles. The van der Waals surface area contributed by atoms with Crippen LogP contribution in [-0.2, 0) is 9.59 Å². The quantitative estimate of drug-likeness (QED) is 0.586. The molecule has 1 atom stereocenters. The molecule has 0 aromatic rings. The zero-order chi connectivity index (χ0) is 8.43. The minimum Gasteiger partial charge on any atom is -0.480 e. The summed E-state index contributed by atoms with van der Waals surface area (Å²) in [6.07, 6.45) is 1.76. The van der Waals surface area contributed by atoms with Crippen molar-refractivity contribution in [3.8, 4) is 0 Å². The summed E-state index contributed by atoms with van der Waals surface area (Å²) >= 11 is 0. The smallest absolute Gasteiger partial charge is 0.326 e. The third kappa shape index (κ3) is 1.50. The van der Waals surface area contributed by atoms with Crippen LogP contribution in [0.15, 0.2) is 0 Å². The molecule has 1 N–H and O–H groups in total. The highest BCUT2D eigenvalue weighted by Gasteiger charge is 2.29. The van der Waals surface area contributed by atoms with E-state index in [1.807, 2.05) is 0 Å². The molecule has 1 heterocycles. The van der Waals surface area contributed by atoms with E-state index in [1.165, 1.54) is 4.90 Å². The van der Waals surface area contributed by atoms with E-state index < -0.39 is 12.0 Å². The van der Waals surface area contributed by atoms with E-state index in [1.54, 1.807) is 7.05 Å². The fourth-order valence-electron chi connectivity index (χ4n) is 1.28. The monoisotopic (exact) mass is 157 g/mol. The van der Waals surface area contributed by atoms with Gasteiger partial charge in [-0.2, -0.15) is 0 Å². The van der Waals surface area contributed by atoms with E-state index in [9.17, 15) is 9.59 Å². The van der Waals surface area contributed by atoms with Crippen LogP contribution in [-0.4, -0.2) is 35.0 Å². The van der Waals surface area contributed by atoms with Crippen molar-refractivity contribution in [2.45, 2.75) is 25.3 Å². The van der Waals surface area contributed by atoms with Gasteiger partial charge in [-0.15, -0.1) is 0 Å². The lowest BCUT2D eigenvalue weighted by Crippen LogP contribution is -2.45. The number of likely N-dealkylation sites (tertiary alicyclic amines) is 1. The van der Waals surface area contributed by atoms with Crippen LogP contribution in [0.4, 0.5) is 0 Å². The number of rotatable bonds is 1. The Labute approximate surface area is 64.8 Å². The molecule has 4 heteroatoms. The average molecular weight is 157 g/mol. The zero-order valence-corrected chi connectivity index (χ0v) is 6.41. The fourth-order valence-corrected chi connectivity index (χ4v) is 1.28. The SMILES string of the molecule is CN1C(=O)CCC[C@H]1C(=O)O. The standard InChI is InChI=1S/C7H11NO3/c1-8-5(7(10)11)3-2-4-6(8)9/h5H,2-4H2,1H3,(H,10,11)/t5-/m0/s1. The molecular weight excluding hydrogens is 146 g/mol. The molecule has 0 spiro atoms. The maximum absolute atomic E-state index is 11.0. The lowest BCUT2D eigenvalue weighted by molar-refractivity contribution is -0.151. The minimum atomic E-state index is -0.902. The molecule has 1 rings (SSSR count). The number of hydrogen-bond acceptors (Lipinski definition) is 2. The second-order valence-electron chi connectivity index (χ2n) is 2.75. The third-order valence-electron chi connectivity index (χ3n) is 2.01. The molecule has 0 bridgehead atoms. The molecule has 1 aliphatic rings. The largest absolute Gasteiger partial charge is 0.480 e.